The topological polar surface area (TPSA) is 86.7 Å². The van der Waals surface area contributed by atoms with Gasteiger partial charge in [0, 0.05) is 32.0 Å². The van der Waals surface area contributed by atoms with Crippen LogP contribution >= 0.6 is 0 Å². The molecule has 0 aliphatic carbocycles. The highest BCUT2D eigenvalue weighted by Gasteiger charge is 2.30. The number of benzene rings is 1. The number of carbonyl (C=O) groups excluding carboxylic acids is 1. The van der Waals surface area contributed by atoms with E-state index in [9.17, 15) is 18.3 Å². The summed E-state index contributed by atoms with van der Waals surface area (Å²) in [5.74, 6) is -0.0962. The molecular formula is C15H22N2O4S. The monoisotopic (exact) mass is 326 g/mol. The van der Waals surface area contributed by atoms with Gasteiger partial charge in [0.05, 0.1) is 12.4 Å². The number of carbonyl (C=O) groups is 1. The number of rotatable bonds is 5. The van der Waals surface area contributed by atoms with Crippen LogP contribution in [0, 0.1) is 0 Å². The molecular weight excluding hydrogens is 304 g/mol. The average molecular weight is 326 g/mol. The van der Waals surface area contributed by atoms with E-state index >= 15 is 0 Å². The summed E-state index contributed by atoms with van der Waals surface area (Å²) in [6, 6.07) is 9.79. The first-order valence-electron chi connectivity index (χ1n) is 7.32. The molecule has 0 saturated carbocycles. The van der Waals surface area contributed by atoms with Crippen molar-refractivity contribution in [2.75, 3.05) is 25.9 Å². The number of β-amino-alcohol motifs (C(OH)–C–C–N with tert-alkyl or cyclic N) is 1. The van der Waals surface area contributed by atoms with Gasteiger partial charge in [0.1, 0.15) is 0 Å². The van der Waals surface area contributed by atoms with Crippen LogP contribution in [0.1, 0.15) is 24.3 Å². The molecule has 0 unspecified atom stereocenters. The van der Waals surface area contributed by atoms with Gasteiger partial charge in [0.25, 0.3) is 0 Å². The van der Waals surface area contributed by atoms with Gasteiger partial charge in [0.2, 0.25) is 15.9 Å². The first-order valence-corrected chi connectivity index (χ1v) is 9.21. The van der Waals surface area contributed by atoms with E-state index < -0.39 is 16.1 Å². The molecule has 1 aromatic rings. The summed E-state index contributed by atoms with van der Waals surface area (Å²) >= 11 is 0. The number of hydrogen-bond acceptors (Lipinski definition) is 4. The number of aliphatic hydroxyl groups excluding tert-OH is 1. The fourth-order valence-corrected chi connectivity index (χ4v) is 3.22. The van der Waals surface area contributed by atoms with Crippen LogP contribution in [0.25, 0.3) is 0 Å². The molecule has 0 spiro atoms. The van der Waals surface area contributed by atoms with E-state index in [1.807, 2.05) is 30.3 Å². The summed E-state index contributed by atoms with van der Waals surface area (Å²) in [4.78, 5) is 13.7. The number of nitrogens with one attached hydrogen (secondary N) is 1. The lowest BCUT2D eigenvalue weighted by atomic mass is 9.87. The van der Waals surface area contributed by atoms with Crippen molar-refractivity contribution < 1.29 is 18.3 Å². The molecule has 122 valence electrons. The summed E-state index contributed by atoms with van der Waals surface area (Å²) in [5, 5.41) is 10.3. The molecule has 1 aromatic carbocycles. The van der Waals surface area contributed by atoms with Crippen molar-refractivity contribution in [3.05, 3.63) is 35.9 Å². The third kappa shape index (κ3) is 4.79. The van der Waals surface area contributed by atoms with Crippen molar-refractivity contribution in [2.24, 2.45) is 0 Å². The lowest BCUT2D eigenvalue weighted by Crippen LogP contribution is -2.46. The fourth-order valence-electron chi connectivity index (χ4n) is 2.75. The van der Waals surface area contributed by atoms with Gasteiger partial charge in [-0.3, -0.25) is 4.79 Å². The maximum absolute atomic E-state index is 12.1. The average Bonchev–Trinajstić information content (AvgIpc) is 2.46. The number of nitrogens with zero attached hydrogens (tertiary/aromatic N) is 1. The van der Waals surface area contributed by atoms with Crippen LogP contribution < -0.4 is 4.72 Å². The molecule has 1 amide bonds. The fraction of sp³-hybridized carbons (Fsp3) is 0.533. The van der Waals surface area contributed by atoms with E-state index in [0.717, 1.165) is 11.8 Å². The predicted octanol–water partition coefficient (Wildman–Crippen LogP) is 0.303. The number of likely N-dealkylation sites (tertiary alicyclic amines) is 1. The van der Waals surface area contributed by atoms with Gasteiger partial charge in [0.15, 0.2) is 0 Å². The van der Waals surface area contributed by atoms with Crippen LogP contribution in [0.3, 0.4) is 0 Å². The molecule has 7 heteroatoms. The van der Waals surface area contributed by atoms with Crippen LogP contribution in [0.4, 0.5) is 0 Å². The van der Waals surface area contributed by atoms with E-state index in [1.165, 1.54) is 0 Å². The summed E-state index contributed by atoms with van der Waals surface area (Å²) in [6.45, 7) is 0.956. The lowest BCUT2D eigenvalue weighted by Gasteiger charge is -2.36. The van der Waals surface area contributed by atoms with Gasteiger partial charge >= 0.3 is 0 Å². The molecule has 2 N–H and O–H groups in total. The first kappa shape index (κ1) is 16.9. The summed E-state index contributed by atoms with van der Waals surface area (Å²) in [5.41, 5.74) is 1.08. The maximum atomic E-state index is 12.1. The zero-order valence-electron chi connectivity index (χ0n) is 12.6. The second-order valence-corrected chi connectivity index (χ2v) is 7.46. The minimum atomic E-state index is -3.28. The molecule has 1 aliphatic heterocycles. The molecule has 1 heterocycles. The zero-order chi connectivity index (χ0) is 16.2. The molecule has 1 fully saturated rings. The number of aliphatic hydroxyl groups is 1. The second kappa shape index (κ2) is 7.21. The van der Waals surface area contributed by atoms with Crippen molar-refractivity contribution >= 4 is 15.9 Å². The Kier molecular flexibility index (Phi) is 5.55. The van der Waals surface area contributed by atoms with Crippen LogP contribution in [-0.4, -0.2) is 56.3 Å². The Morgan fingerprint density at radius 2 is 2.05 bits per heavy atom. The molecule has 0 bridgehead atoms. The van der Waals surface area contributed by atoms with E-state index in [2.05, 4.69) is 4.72 Å². The molecule has 2 atom stereocenters. The second-order valence-electron chi connectivity index (χ2n) is 5.63. The van der Waals surface area contributed by atoms with Gasteiger partial charge in [-0.15, -0.1) is 0 Å². The van der Waals surface area contributed by atoms with Gasteiger partial charge in [-0.25, -0.2) is 13.1 Å². The molecule has 2 rings (SSSR count). The van der Waals surface area contributed by atoms with Crippen molar-refractivity contribution in [3.8, 4) is 0 Å². The first-order chi connectivity index (χ1) is 10.4. The van der Waals surface area contributed by atoms with E-state index in [1.54, 1.807) is 4.90 Å². The molecule has 6 nitrogen and oxygen atoms in total. The predicted molar refractivity (Wildman–Crippen MR) is 83.9 cm³/mol. The number of sulfonamides is 1. The highest BCUT2D eigenvalue weighted by molar-refractivity contribution is 7.88. The Bertz CT molecular complexity index is 603. The number of piperidine rings is 1. The van der Waals surface area contributed by atoms with Gasteiger partial charge in [-0.1, -0.05) is 30.3 Å². The Morgan fingerprint density at radius 3 is 2.64 bits per heavy atom. The third-order valence-electron chi connectivity index (χ3n) is 3.87. The lowest BCUT2D eigenvalue weighted by molar-refractivity contribution is -0.134. The van der Waals surface area contributed by atoms with Crippen LogP contribution in [0.5, 0.6) is 0 Å². The largest absolute Gasteiger partial charge is 0.391 e. The highest BCUT2D eigenvalue weighted by Crippen LogP contribution is 2.28. The number of amides is 1. The smallest absolute Gasteiger partial charge is 0.223 e. The van der Waals surface area contributed by atoms with Crippen LogP contribution in [0.2, 0.25) is 0 Å². The number of hydrogen-bond donors (Lipinski definition) is 2. The molecule has 22 heavy (non-hydrogen) atoms. The van der Waals surface area contributed by atoms with Crippen LogP contribution in [-0.2, 0) is 14.8 Å². The Morgan fingerprint density at radius 1 is 1.36 bits per heavy atom. The quantitative estimate of drug-likeness (QED) is 0.815. The molecule has 1 aliphatic rings. The van der Waals surface area contributed by atoms with E-state index in [-0.39, 0.29) is 31.3 Å². The molecule has 1 saturated heterocycles. The van der Waals surface area contributed by atoms with Gasteiger partial charge in [-0.05, 0) is 12.0 Å². The normalized spacial score (nSPS) is 22.5. The molecule has 0 aromatic heterocycles. The zero-order valence-corrected chi connectivity index (χ0v) is 13.4. The van der Waals surface area contributed by atoms with Crippen molar-refractivity contribution in [2.45, 2.75) is 24.9 Å². The minimum absolute atomic E-state index is 0.0411. The maximum Gasteiger partial charge on any atom is 0.223 e. The van der Waals surface area contributed by atoms with Gasteiger partial charge < -0.3 is 10.0 Å². The Labute approximate surface area is 131 Å². The van der Waals surface area contributed by atoms with E-state index in [4.69, 9.17) is 0 Å². The van der Waals surface area contributed by atoms with Crippen LogP contribution in [0.15, 0.2) is 30.3 Å². The van der Waals surface area contributed by atoms with Gasteiger partial charge in [-0.2, -0.15) is 0 Å². The SMILES string of the molecule is CS(=O)(=O)NCCC(=O)N1CC[C@H](c2ccccc2)[C@H](O)C1. The minimum Gasteiger partial charge on any atom is -0.391 e. The summed E-state index contributed by atoms with van der Waals surface area (Å²) < 4.78 is 24.2. The van der Waals surface area contributed by atoms with Crippen molar-refractivity contribution in [1.29, 1.82) is 0 Å². The van der Waals surface area contributed by atoms with Crippen molar-refractivity contribution in [3.63, 3.8) is 0 Å². The van der Waals surface area contributed by atoms with E-state index in [0.29, 0.717) is 13.0 Å². The third-order valence-corrected chi connectivity index (χ3v) is 4.59. The molecule has 0 radical (unpaired) electrons. The standard InChI is InChI=1S/C15H22N2O4S/c1-22(20,21)16-9-7-15(19)17-10-8-13(14(18)11-17)12-5-3-2-4-6-12/h2-6,13-14,16,18H,7-11H2,1H3/t13-,14-/m1/s1. The highest BCUT2D eigenvalue weighted by atomic mass is 32.2. The van der Waals surface area contributed by atoms with Crippen molar-refractivity contribution in [1.82, 2.24) is 9.62 Å². The Hall–Kier alpha value is -1.44. The summed E-state index contributed by atoms with van der Waals surface area (Å²) in [7, 11) is -3.28. The Balaban J connectivity index is 1.86. The summed E-state index contributed by atoms with van der Waals surface area (Å²) in [6.07, 6.45) is 1.28.